The Kier molecular flexibility index (Phi) is 4.53. The Balaban J connectivity index is 1.75. The fourth-order valence-corrected chi connectivity index (χ4v) is 3.46. The van der Waals surface area contributed by atoms with E-state index in [-0.39, 0.29) is 0 Å². The molecule has 6 nitrogen and oxygen atoms in total. The molecule has 4 rings (SSSR count). The van der Waals surface area contributed by atoms with E-state index in [2.05, 4.69) is 33.4 Å². The third kappa shape index (κ3) is 3.25. The number of likely N-dealkylation sites (N-methyl/N-ethyl adjacent to an activating group) is 1. The van der Waals surface area contributed by atoms with Crippen LogP contribution in [-0.2, 0) is 6.54 Å². The van der Waals surface area contributed by atoms with Crippen molar-refractivity contribution in [2.45, 2.75) is 6.54 Å². The number of ether oxygens (including phenoxy) is 1. The van der Waals surface area contributed by atoms with E-state index in [1.54, 1.807) is 7.11 Å². The molecule has 2 aromatic heterocycles. The number of fused-ring (bicyclic) bond motifs is 1. The van der Waals surface area contributed by atoms with Crippen LogP contribution >= 0.6 is 0 Å². The molecule has 1 aliphatic heterocycles. The number of aromatic nitrogens is 2. The van der Waals surface area contributed by atoms with Crippen molar-refractivity contribution in [2.24, 2.45) is 0 Å². The molecule has 3 aromatic rings. The standard InChI is InChI=1S/C20H25N5O/c1-23-9-11-24(12-10-23)14-18-20(15-3-6-17(26-2)7-4-15)22-19-8-5-16(21)13-25(18)19/h3-8,13H,9-12,14,21H2,1-2H3. The molecule has 2 N–H and O–H groups in total. The number of imidazole rings is 1. The van der Waals surface area contributed by atoms with Gasteiger partial charge in [-0.15, -0.1) is 0 Å². The average Bonchev–Trinajstić information content (AvgIpc) is 3.01. The maximum Gasteiger partial charge on any atom is 0.137 e. The maximum atomic E-state index is 6.04. The molecule has 0 amide bonds. The molecule has 0 spiro atoms. The van der Waals surface area contributed by atoms with Gasteiger partial charge in [0.1, 0.15) is 11.4 Å². The lowest BCUT2D eigenvalue weighted by Crippen LogP contribution is -2.44. The summed E-state index contributed by atoms with van der Waals surface area (Å²) in [7, 11) is 3.86. The van der Waals surface area contributed by atoms with E-state index in [1.165, 1.54) is 5.69 Å². The molecule has 0 aliphatic carbocycles. The molecule has 3 heterocycles. The van der Waals surface area contributed by atoms with Gasteiger partial charge in [0.2, 0.25) is 0 Å². The summed E-state index contributed by atoms with van der Waals surface area (Å²) in [6.07, 6.45) is 1.97. The molecule has 136 valence electrons. The number of nitrogen functional groups attached to an aromatic ring is 1. The number of anilines is 1. The number of nitrogens with two attached hydrogens (primary N) is 1. The first-order valence-corrected chi connectivity index (χ1v) is 8.96. The zero-order valence-corrected chi connectivity index (χ0v) is 15.4. The van der Waals surface area contributed by atoms with Crippen molar-refractivity contribution in [1.82, 2.24) is 19.2 Å². The first-order valence-electron chi connectivity index (χ1n) is 8.96. The molecule has 26 heavy (non-hydrogen) atoms. The van der Waals surface area contributed by atoms with E-state index in [9.17, 15) is 0 Å². The Labute approximate surface area is 153 Å². The second kappa shape index (κ2) is 6.97. The lowest BCUT2D eigenvalue weighted by atomic mass is 10.1. The highest BCUT2D eigenvalue weighted by atomic mass is 16.5. The minimum atomic E-state index is 0.746. The van der Waals surface area contributed by atoms with Crippen LogP contribution in [0, 0.1) is 0 Å². The smallest absolute Gasteiger partial charge is 0.137 e. The normalized spacial score (nSPS) is 16.2. The van der Waals surface area contributed by atoms with Crippen molar-refractivity contribution < 1.29 is 4.74 Å². The molecule has 1 fully saturated rings. The lowest BCUT2D eigenvalue weighted by molar-refractivity contribution is 0.147. The average molecular weight is 351 g/mol. The van der Waals surface area contributed by atoms with Crippen LogP contribution in [0.2, 0.25) is 0 Å². The number of hydrogen-bond acceptors (Lipinski definition) is 5. The fourth-order valence-electron chi connectivity index (χ4n) is 3.46. The summed E-state index contributed by atoms with van der Waals surface area (Å²) < 4.78 is 7.42. The fraction of sp³-hybridized carbons (Fsp3) is 0.350. The van der Waals surface area contributed by atoms with E-state index < -0.39 is 0 Å². The van der Waals surface area contributed by atoms with Gasteiger partial charge in [-0.1, -0.05) is 0 Å². The van der Waals surface area contributed by atoms with Gasteiger partial charge in [0.05, 0.1) is 18.5 Å². The van der Waals surface area contributed by atoms with Crippen molar-refractivity contribution >= 4 is 11.3 Å². The van der Waals surface area contributed by atoms with E-state index >= 15 is 0 Å². The van der Waals surface area contributed by atoms with Gasteiger partial charge in [-0.25, -0.2) is 4.98 Å². The molecule has 0 radical (unpaired) electrons. The summed E-state index contributed by atoms with van der Waals surface area (Å²) in [6.45, 7) is 5.18. The molecule has 1 aromatic carbocycles. The SMILES string of the molecule is COc1ccc(-c2nc3ccc(N)cn3c2CN2CCN(C)CC2)cc1. The summed E-state index contributed by atoms with van der Waals surface area (Å²) in [5.41, 5.74) is 11.0. The minimum Gasteiger partial charge on any atom is -0.497 e. The van der Waals surface area contributed by atoms with Crippen molar-refractivity contribution in [3.8, 4) is 17.0 Å². The third-order valence-electron chi connectivity index (χ3n) is 5.07. The molecule has 0 bridgehead atoms. The number of hydrogen-bond donors (Lipinski definition) is 1. The largest absolute Gasteiger partial charge is 0.497 e. The van der Waals surface area contributed by atoms with E-state index in [0.29, 0.717) is 0 Å². The van der Waals surface area contributed by atoms with Gasteiger partial charge in [-0.3, -0.25) is 4.90 Å². The highest BCUT2D eigenvalue weighted by molar-refractivity contribution is 5.68. The van der Waals surface area contributed by atoms with Crippen LogP contribution in [-0.4, -0.2) is 59.5 Å². The van der Waals surface area contributed by atoms with E-state index in [4.69, 9.17) is 15.5 Å². The van der Waals surface area contributed by atoms with E-state index in [0.717, 1.165) is 61.1 Å². The van der Waals surface area contributed by atoms with Gasteiger partial charge in [0.15, 0.2) is 0 Å². The number of benzene rings is 1. The highest BCUT2D eigenvalue weighted by Crippen LogP contribution is 2.28. The van der Waals surface area contributed by atoms with Crippen molar-refractivity contribution in [1.29, 1.82) is 0 Å². The van der Waals surface area contributed by atoms with Crippen LogP contribution in [0.3, 0.4) is 0 Å². The van der Waals surface area contributed by atoms with Crippen molar-refractivity contribution in [2.75, 3.05) is 46.1 Å². The first-order chi connectivity index (χ1) is 12.6. The maximum absolute atomic E-state index is 6.04. The van der Waals surface area contributed by atoms with Crippen molar-refractivity contribution in [3.05, 3.63) is 48.3 Å². The van der Waals surface area contributed by atoms with Gasteiger partial charge in [-0.2, -0.15) is 0 Å². The second-order valence-corrected chi connectivity index (χ2v) is 6.91. The van der Waals surface area contributed by atoms with Gasteiger partial charge >= 0.3 is 0 Å². The molecule has 0 saturated carbocycles. The minimum absolute atomic E-state index is 0.746. The molecule has 1 aliphatic rings. The summed E-state index contributed by atoms with van der Waals surface area (Å²) in [6, 6.07) is 12.0. The van der Waals surface area contributed by atoms with E-state index in [1.807, 2.05) is 30.5 Å². The lowest BCUT2D eigenvalue weighted by Gasteiger charge is -2.32. The third-order valence-corrected chi connectivity index (χ3v) is 5.07. The molecular formula is C20H25N5O. The molecule has 0 atom stereocenters. The Morgan fingerprint density at radius 1 is 1.04 bits per heavy atom. The zero-order valence-electron chi connectivity index (χ0n) is 15.4. The molecule has 6 heteroatoms. The molecule has 0 unspecified atom stereocenters. The Morgan fingerprint density at radius 2 is 1.77 bits per heavy atom. The second-order valence-electron chi connectivity index (χ2n) is 6.91. The van der Waals surface area contributed by atoms with Crippen LogP contribution in [0.15, 0.2) is 42.6 Å². The summed E-state index contributed by atoms with van der Waals surface area (Å²) >= 11 is 0. The number of nitrogens with zero attached hydrogens (tertiary/aromatic N) is 4. The van der Waals surface area contributed by atoms with Gasteiger partial charge < -0.3 is 19.8 Å². The predicted octanol–water partition coefficient (Wildman–Crippen LogP) is 2.34. The Morgan fingerprint density at radius 3 is 2.46 bits per heavy atom. The van der Waals surface area contributed by atoms with Crippen molar-refractivity contribution in [3.63, 3.8) is 0 Å². The summed E-state index contributed by atoms with van der Waals surface area (Å²) in [4.78, 5) is 9.74. The monoisotopic (exact) mass is 351 g/mol. The number of methoxy groups -OCH3 is 1. The van der Waals surface area contributed by atoms with Crippen LogP contribution in [0.25, 0.3) is 16.9 Å². The number of rotatable bonds is 4. The Hall–Kier alpha value is -2.57. The van der Waals surface area contributed by atoms with Crippen LogP contribution < -0.4 is 10.5 Å². The zero-order chi connectivity index (χ0) is 18.1. The quantitative estimate of drug-likeness (QED) is 0.782. The summed E-state index contributed by atoms with van der Waals surface area (Å²) in [5.74, 6) is 0.849. The van der Waals surface area contributed by atoms with Crippen LogP contribution in [0.1, 0.15) is 5.69 Å². The van der Waals surface area contributed by atoms with Gasteiger partial charge in [0.25, 0.3) is 0 Å². The van der Waals surface area contributed by atoms with Gasteiger partial charge in [-0.05, 0) is 43.4 Å². The van der Waals surface area contributed by atoms with Crippen LogP contribution in [0.5, 0.6) is 5.75 Å². The highest BCUT2D eigenvalue weighted by Gasteiger charge is 2.20. The van der Waals surface area contributed by atoms with Gasteiger partial charge in [0, 0.05) is 50.2 Å². The van der Waals surface area contributed by atoms with Crippen LogP contribution in [0.4, 0.5) is 5.69 Å². The summed E-state index contributed by atoms with van der Waals surface area (Å²) in [5, 5.41) is 0. The number of pyridine rings is 1. The molecule has 1 saturated heterocycles. The Bertz CT molecular complexity index is 894. The first kappa shape index (κ1) is 16.9. The predicted molar refractivity (Wildman–Crippen MR) is 104 cm³/mol. The topological polar surface area (TPSA) is 59.0 Å². The molecular weight excluding hydrogens is 326 g/mol. The number of piperazine rings is 1.